The number of amides is 2. The lowest BCUT2D eigenvalue weighted by atomic mass is 9.97. The van der Waals surface area contributed by atoms with Gasteiger partial charge in [-0.1, -0.05) is 48.5 Å². The van der Waals surface area contributed by atoms with Crippen LogP contribution >= 0.6 is 0 Å². The molecule has 3 rings (SSSR count). The van der Waals surface area contributed by atoms with Crippen molar-refractivity contribution in [1.82, 2.24) is 10.6 Å². The van der Waals surface area contributed by atoms with E-state index in [1.54, 1.807) is 0 Å². The average molecular weight is 471 g/mol. The van der Waals surface area contributed by atoms with Crippen LogP contribution in [-0.4, -0.2) is 68.2 Å². The van der Waals surface area contributed by atoms with Gasteiger partial charge in [-0.2, -0.15) is 0 Å². The Hall–Kier alpha value is -3.43. The number of fused-ring (bicyclic) bond motifs is 3. The quantitative estimate of drug-likeness (QED) is 0.488. The first-order chi connectivity index (χ1) is 16.1. The van der Waals surface area contributed by atoms with Crippen LogP contribution in [0.15, 0.2) is 48.5 Å². The largest absolute Gasteiger partial charge is 0.479 e. The van der Waals surface area contributed by atoms with Crippen molar-refractivity contribution >= 4 is 18.0 Å². The fourth-order valence-electron chi connectivity index (χ4n) is 4.14. The van der Waals surface area contributed by atoms with Gasteiger partial charge in [-0.15, -0.1) is 0 Å². The Balaban J connectivity index is 1.72. The number of carbonyl (C=O) groups excluding carboxylic acids is 2. The van der Waals surface area contributed by atoms with Gasteiger partial charge < -0.3 is 30.0 Å². The van der Waals surface area contributed by atoms with Gasteiger partial charge in [0, 0.05) is 20.1 Å². The fraction of sp³-hybridized carbons (Fsp3) is 0.400. The lowest BCUT2D eigenvalue weighted by molar-refractivity contribution is -0.150. The number of carbonyl (C=O) groups is 3. The van der Waals surface area contributed by atoms with Crippen molar-refractivity contribution in [2.24, 2.45) is 0 Å². The number of carboxylic acids is 1. The Labute approximate surface area is 198 Å². The topological polar surface area (TPSA) is 123 Å². The van der Waals surface area contributed by atoms with E-state index in [1.807, 2.05) is 48.5 Å². The maximum atomic E-state index is 13.0. The average Bonchev–Trinajstić information content (AvgIpc) is 3.11. The van der Waals surface area contributed by atoms with E-state index >= 15 is 0 Å². The van der Waals surface area contributed by atoms with E-state index in [0.29, 0.717) is 0 Å². The van der Waals surface area contributed by atoms with Gasteiger partial charge in [0.1, 0.15) is 12.1 Å². The normalized spacial score (nSPS) is 15.9. The zero-order valence-electron chi connectivity index (χ0n) is 19.7. The van der Waals surface area contributed by atoms with E-state index in [9.17, 15) is 19.5 Å². The number of aliphatic carboxylic acids is 1. The molecular weight excluding hydrogens is 440 g/mol. The SMILES string of the molecule is COCC(C)(NC(=O)C(C)(COC)NC(=O)OCC1c2ccccc2-c2ccccc21)C(=O)O. The Morgan fingerprint density at radius 3 is 1.85 bits per heavy atom. The molecule has 9 nitrogen and oxygen atoms in total. The molecule has 0 spiro atoms. The van der Waals surface area contributed by atoms with Crippen LogP contribution in [0.2, 0.25) is 0 Å². The molecule has 2 amide bonds. The molecule has 1 aliphatic carbocycles. The number of hydrogen-bond acceptors (Lipinski definition) is 6. The van der Waals surface area contributed by atoms with Crippen molar-refractivity contribution in [3.05, 3.63) is 59.7 Å². The first-order valence-corrected chi connectivity index (χ1v) is 10.8. The van der Waals surface area contributed by atoms with Crippen LogP contribution in [0.4, 0.5) is 4.79 Å². The summed E-state index contributed by atoms with van der Waals surface area (Å²) in [6.45, 7) is 2.36. The second-order valence-corrected chi connectivity index (χ2v) is 8.74. The summed E-state index contributed by atoms with van der Waals surface area (Å²) in [6.07, 6.45) is -0.819. The van der Waals surface area contributed by atoms with E-state index < -0.39 is 29.0 Å². The number of ether oxygens (including phenoxy) is 3. The summed E-state index contributed by atoms with van der Waals surface area (Å²) in [7, 11) is 2.70. The van der Waals surface area contributed by atoms with Gasteiger partial charge >= 0.3 is 12.1 Å². The van der Waals surface area contributed by atoms with E-state index in [-0.39, 0.29) is 25.7 Å². The van der Waals surface area contributed by atoms with Gasteiger partial charge in [0.15, 0.2) is 5.54 Å². The van der Waals surface area contributed by atoms with Crippen molar-refractivity contribution in [2.45, 2.75) is 30.8 Å². The van der Waals surface area contributed by atoms with Crippen LogP contribution < -0.4 is 10.6 Å². The molecule has 0 saturated carbocycles. The van der Waals surface area contributed by atoms with Crippen LogP contribution in [0.3, 0.4) is 0 Å². The Morgan fingerprint density at radius 1 is 0.853 bits per heavy atom. The van der Waals surface area contributed by atoms with Gasteiger partial charge in [-0.25, -0.2) is 9.59 Å². The Morgan fingerprint density at radius 2 is 1.35 bits per heavy atom. The van der Waals surface area contributed by atoms with Gasteiger partial charge in [-0.05, 0) is 36.1 Å². The summed E-state index contributed by atoms with van der Waals surface area (Å²) < 4.78 is 15.6. The fourth-order valence-corrected chi connectivity index (χ4v) is 4.14. The number of alkyl carbamates (subject to hydrolysis) is 1. The highest BCUT2D eigenvalue weighted by molar-refractivity contribution is 5.94. The van der Waals surface area contributed by atoms with Crippen molar-refractivity contribution in [1.29, 1.82) is 0 Å². The standard InChI is InChI=1S/C25H30N2O7/c1-24(14-32-3,21(28)26-25(2,15-33-4)22(29)30)27-23(31)34-13-20-18-11-7-5-9-16(18)17-10-6-8-12-19(17)20/h5-12,20H,13-15H2,1-4H3,(H,26,28)(H,27,31)(H,29,30). The monoisotopic (exact) mass is 470 g/mol. The Kier molecular flexibility index (Phi) is 7.58. The van der Waals surface area contributed by atoms with Gasteiger partial charge in [-0.3, -0.25) is 4.79 Å². The Bertz CT molecular complexity index is 1030. The minimum atomic E-state index is -1.69. The van der Waals surface area contributed by atoms with Crippen molar-refractivity contribution in [2.75, 3.05) is 34.0 Å². The van der Waals surface area contributed by atoms with Crippen molar-refractivity contribution in [3.8, 4) is 11.1 Å². The third kappa shape index (κ3) is 5.05. The van der Waals surface area contributed by atoms with Crippen LogP contribution in [0.5, 0.6) is 0 Å². The lowest BCUT2D eigenvalue weighted by Gasteiger charge is -2.33. The molecule has 0 aromatic heterocycles. The molecule has 2 unspecified atom stereocenters. The molecule has 0 saturated heterocycles. The van der Waals surface area contributed by atoms with E-state index in [2.05, 4.69) is 10.6 Å². The molecule has 34 heavy (non-hydrogen) atoms. The molecule has 1 aliphatic rings. The van der Waals surface area contributed by atoms with Crippen LogP contribution in [0, 0.1) is 0 Å². The van der Waals surface area contributed by atoms with Gasteiger partial charge in [0.05, 0.1) is 13.2 Å². The zero-order valence-corrected chi connectivity index (χ0v) is 19.7. The second-order valence-electron chi connectivity index (χ2n) is 8.74. The van der Waals surface area contributed by atoms with Crippen molar-refractivity contribution < 1.29 is 33.7 Å². The highest BCUT2D eigenvalue weighted by Gasteiger charge is 2.43. The van der Waals surface area contributed by atoms with Gasteiger partial charge in [0.25, 0.3) is 0 Å². The first-order valence-electron chi connectivity index (χ1n) is 10.8. The molecule has 0 radical (unpaired) electrons. The van der Waals surface area contributed by atoms with Crippen molar-refractivity contribution in [3.63, 3.8) is 0 Å². The van der Waals surface area contributed by atoms with Crippen LogP contribution in [0.1, 0.15) is 30.9 Å². The highest BCUT2D eigenvalue weighted by Crippen LogP contribution is 2.44. The summed E-state index contributed by atoms with van der Waals surface area (Å²) in [5.74, 6) is -2.16. The molecular formula is C25H30N2O7. The highest BCUT2D eigenvalue weighted by atomic mass is 16.5. The molecule has 2 aromatic rings. The molecule has 2 atom stereocenters. The summed E-state index contributed by atoms with van der Waals surface area (Å²) >= 11 is 0. The number of nitrogens with one attached hydrogen (secondary N) is 2. The number of methoxy groups -OCH3 is 2. The molecule has 3 N–H and O–H groups in total. The summed E-state index contributed by atoms with van der Waals surface area (Å²) in [6, 6.07) is 15.9. The van der Waals surface area contributed by atoms with Crippen LogP contribution in [-0.2, 0) is 23.8 Å². The molecule has 0 bridgehead atoms. The molecule has 0 fully saturated rings. The maximum Gasteiger partial charge on any atom is 0.408 e. The third-order valence-electron chi connectivity index (χ3n) is 5.95. The summed E-state index contributed by atoms with van der Waals surface area (Å²) in [5.41, 5.74) is 1.05. The number of hydrogen-bond donors (Lipinski definition) is 3. The molecule has 182 valence electrons. The lowest BCUT2D eigenvalue weighted by Crippen LogP contribution is -2.66. The molecule has 0 heterocycles. The maximum absolute atomic E-state index is 13.0. The minimum absolute atomic E-state index is 0.0705. The predicted octanol–water partition coefficient (Wildman–Crippen LogP) is 2.54. The minimum Gasteiger partial charge on any atom is -0.479 e. The van der Waals surface area contributed by atoms with E-state index in [0.717, 1.165) is 22.3 Å². The van der Waals surface area contributed by atoms with E-state index in [1.165, 1.54) is 28.1 Å². The van der Waals surface area contributed by atoms with Gasteiger partial charge in [0.2, 0.25) is 5.91 Å². The third-order valence-corrected chi connectivity index (χ3v) is 5.95. The molecule has 9 heteroatoms. The predicted molar refractivity (Wildman–Crippen MR) is 125 cm³/mol. The number of benzene rings is 2. The number of carboxylic acid groups (broad SMARTS) is 1. The summed E-state index contributed by atoms with van der Waals surface area (Å²) in [4.78, 5) is 37.4. The van der Waals surface area contributed by atoms with Crippen LogP contribution in [0.25, 0.3) is 11.1 Å². The second kappa shape index (κ2) is 10.2. The summed E-state index contributed by atoms with van der Waals surface area (Å²) in [5, 5.41) is 14.5. The number of rotatable bonds is 10. The first kappa shape index (κ1) is 25.2. The van der Waals surface area contributed by atoms with E-state index in [4.69, 9.17) is 14.2 Å². The zero-order chi connectivity index (χ0) is 24.9. The smallest absolute Gasteiger partial charge is 0.408 e. The molecule has 2 aromatic carbocycles. The molecule has 0 aliphatic heterocycles.